The molecule has 0 fully saturated rings. The third kappa shape index (κ3) is 3.20. The third-order valence-corrected chi connectivity index (χ3v) is 3.78. The van der Waals surface area contributed by atoms with Crippen LogP contribution in [0.15, 0.2) is 42.6 Å². The maximum absolute atomic E-state index is 6.04. The fourth-order valence-corrected chi connectivity index (χ4v) is 2.43. The van der Waals surface area contributed by atoms with Crippen LogP contribution in [-0.2, 0) is 5.88 Å². The van der Waals surface area contributed by atoms with E-state index in [2.05, 4.69) is 22.9 Å². The summed E-state index contributed by atoms with van der Waals surface area (Å²) in [4.78, 5) is 6.54. The number of aromatic nitrogens is 1. The van der Waals surface area contributed by atoms with Gasteiger partial charge in [-0.25, -0.2) is 4.98 Å². The molecule has 4 heteroatoms. The highest BCUT2D eigenvalue weighted by molar-refractivity contribution is 6.30. The normalized spacial score (nSPS) is 12.2. The molecular weight excluding hydrogens is 279 g/mol. The third-order valence-electron chi connectivity index (χ3n) is 3.26. The Kier molecular flexibility index (Phi) is 4.67. The van der Waals surface area contributed by atoms with Crippen molar-refractivity contribution in [3.8, 4) is 0 Å². The molecule has 0 amide bonds. The molecule has 19 heavy (non-hydrogen) atoms. The van der Waals surface area contributed by atoms with Crippen molar-refractivity contribution in [1.29, 1.82) is 0 Å². The van der Waals surface area contributed by atoms with E-state index in [4.69, 9.17) is 23.2 Å². The van der Waals surface area contributed by atoms with E-state index in [1.165, 1.54) is 0 Å². The fraction of sp³-hybridized carbons (Fsp3) is 0.267. The average molecular weight is 295 g/mol. The largest absolute Gasteiger partial charge is 0.353 e. The van der Waals surface area contributed by atoms with Gasteiger partial charge in [0.15, 0.2) is 0 Å². The van der Waals surface area contributed by atoms with Crippen LogP contribution in [0, 0.1) is 0 Å². The monoisotopic (exact) mass is 294 g/mol. The van der Waals surface area contributed by atoms with E-state index in [1.807, 2.05) is 37.4 Å². The first kappa shape index (κ1) is 14.2. The van der Waals surface area contributed by atoms with Crippen molar-refractivity contribution in [3.05, 3.63) is 58.7 Å². The number of nitrogens with zero attached hydrogens (tertiary/aromatic N) is 2. The Hall–Kier alpha value is -1.25. The van der Waals surface area contributed by atoms with Crippen molar-refractivity contribution in [2.24, 2.45) is 0 Å². The Labute approximate surface area is 124 Å². The van der Waals surface area contributed by atoms with Gasteiger partial charge in [-0.15, -0.1) is 11.6 Å². The highest BCUT2D eigenvalue weighted by Crippen LogP contribution is 2.28. The Balaban J connectivity index is 2.30. The summed E-state index contributed by atoms with van der Waals surface area (Å²) >= 11 is 12.0. The molecule has 1 atom stereocenters. The zero-order chi connectivity index (χ0) is 13.8. The number of rotatable bonds is 4. The molecule has 0 aliphatic carbocycles. The van der Waals surface area contributed by atoms with Crippen LogP contribution in [0.5, 0.6) is 0 Å². The summed E-state index contributed by atoms with van der Waals surface area (Å²) in [7, 11) is 2.02. The van der Waals surface area contributed by atoms with Crippen molar-refractivity contribution in [3.63, 3.8) is 0 Å². The standard InChI is InChI=1S/C15H16Cl2N2/c1-11(12-5-3-7-14(17)9-12)19(2)15-13(10-16)6-4-8-18-15/h3-9,11H,10H2,1-2H3. The first-order valence-electron chi connectivity index (χ1n) is 6.11. The van der Waals surface area contributed by atoms with Gasteiger partial charge in [-0.05, 0) is 30.7 Å². The molecule has 0 radical (unpaired) electrons. The van der Waals surface area contributed by atoms with Gasteiger partial charge in [0, 0.05) is 23.8 Å². The lowest BCUT2D eigenvalue weighted by molar-refractivity contribution is 0.725. The van der Waals surface area contributed by atoms with Gasteiger partial charge in [0.1, 0.15) is 5.82 Å². The molecular formula is C15H16Cl2N2. The molecule has 2 nitrogen and oxygen atoms in total. The summed E-state index contributed by atoms with van der Waals surface area (Å²) in [6, 6.07) is 12.0. The van der Waals surface area contributed by atoms with Crippen LogP contribution in [0.4, 0.5) is 5.82 Å². The highest BCUT2D eigenvalue weighted by Gasteiger charge is 2.16. The van der Waals surface area contributed by atoms with Gasteiger partial charge in [-0.2, -0.15) is 0 Å². The first-order chi connectivity index (χ1) is 9.13. The van der Waals surface area contributed by atoms with Gasteiger partial charge < -0.3 is 4.90 Å². The zero-order valence-electron chi connectivity index (χ0n) is 11.0. The molecule has 0 spiro atoms. The van der Waals surface area contributed by atoms with Crippen LogP contribution < -0.4 is 4.90 Å². The average Bonchev–Trinajstić information content (AvgIpc) is 2.45. The Morgan fingerprint density at radius 1 is 1.26 bits per heavy atom. The molecule has 1 aromatic heterocycles. The molecule has 1 aromatic carbocycles. The summed E-state index contributed by atoms with van der Waals surface area (Å²) in [5, 5.41) is 0.747. The SMILES string of the molecule is CC(c1cccc(Cl)c1)N(C)c1ncccc1CCl. The Morgan fingerprint density at radius 3 is 2.74 bits per heavy atom. The molecule has 0 aliphatic rings. The molecule has 0 aliphatic heterocycles. The van der Waals surface area contributed by atoms with Crippen LogP contribution >= 0.6 is 23.2 Å². The minimum absolute atomic E-state index is 0.176. The first-order valence-corrected chi connectivity index (χ1v) is 7.03. The minimum Gasteiger partial charge on any atom is -0.353 e. The van der Waals surface area contributed by atoms with Crippen molar-refractivity contribution in [1.82, 2.24) is 4.98 Å². The summed E-state index contributed by atoms with van der Waals surface area (Å²) in [6.07, 6.45) is 1.78. The van der Waals surface area contributed by atoms with Gasteiger partial charge >= 0.3 is 0 Å². The Bertz CT molecular complexity index is 557. The molecule has 1 heterocycles. The quantitative estimate of drug-likeness (QED) is 0.762. The molecule has 0 saturated heterocycles. The molecule has 100 valence electrons. The van der Waals surface area contributed by atoms with Crippen LogP contribution in [0.3, 0.4) is 0 Å². The van der Waals surface area contributed by atoms with Crippen LogP contribution in [0.1, 0.15) is 24.1 Å². The van der Waals surface area contributed by atoms with Crippen LogP contribution in [0.25, 0.3) is 0 Å². The molecule has 2 rings (SSSR count). The highest BCUT2D eigenvalue weighted by atomic mass is 35.5. The predicted octanol–water partition coefficient (Wildman–Crippen LogP) is 4.67. The van der Waals surface area contributed by atoms with E-state index >= 15 is 0 Å². The van der Waals surface area contributed by atoms with E-state index in [-0.39, 0.29) is 6.04 Å². The van der Waals surface area contributed by atoms with Crippen molar-refractivity contribution in [2.75, 3.05) is 11.9 Å². The molecule has 0 N–H and O–H groups in total. The zero-order valence-corrected chi connectivity index (χ0v) is 12.5. The number of halogens is 2. The number of hydrogen-bond donors (Lipinski definition) is 0. The number of alkyl halides is 1. The Morgan fingerprint density at radius 2 is 2.05 bits per heavy atom. The van der Waals surface area contributed by atoms with Crippen LogP contribution in [0.2, 0.25) is 5.02 Å². The summed E-state index contributed by atoms with van der Waals surface area (Å²) < 4.78 is 0. The molecule has 1 unspecified atom stereocenters. The lowest BCUT2D eigenvalue weighted by atomic mass is 10.1. The predicted molar refractivity (Wildman–Crippen MR) is 82.1 cm³/mol. The summed E-state index contributed by atoms with van der Waals surface area (Å²) in [5.74, 6) is 1.36. The minimum atomic E-state index is 0.176. The lowest BCUT2D eigenvalue weighted by Gasteiger charge is -2.28. The number of hydrogen-bond acceptors (Lipinski definition) is 2. The van der Waals surface area contributed by atoms with Gasteiger partial charge in [-0.1, -0.05) is 29.8 Å². The summed E-state index contributed by atoms with van der Waals surface area (Å²) in [6.45, 7) is 2.12. The van der Waals surface area contributed by atoms with Crippen LogP contribution in [-0.4, -0.2) is 12.0 Å². The van der Waals surface area contributed by atoms with Crippen molar-refractivity contribution < 1.29 is 0 Å². The topological polar surface area (TPSA) is 16.1 Å². The summed E-state index contributed by atoms with van der Waals surface area (Å²) in [5.41, 5.74) is 2.18. The van der Waals surface area contributed by atoms with Crippen molar-refractivity contribution in [2.45, 2.75) is 18.8 Å². The van der Waals surface area contributed by atoms with Crippen molar-refractivity contribution >= 4 is 29.0 Å². The molecule has 0 saturated carbocycles. The van der Waals surface area contributed by atoms with E-state index in [1.54, 1.807) is 6.20 Å². The van der Waals surface area contributed by atoms with E-state index < -0.39 is 0 Å². The fourth-order valence-electron chi connectivity index (χ4n) is 2.03. The van der Waals surface area contributed by atoms with E-state index in [0.717, 1.165) is 22.0 Å². The second kappa shape index (κ2) is 6.27. The van der Waals surface area contributed by atoms with Gasteiger partial charge in [0.2, 0.25) is 0 Å². The maximum Gasteiger partial charge on any atom is 0.133 e. The molecule has 2 aromatic rings. The van der Waals surface area contributed by atoms with E-state index in [0.29, 0.717) is 5.88 Å². The molecule has 0 bridgehead atoms. The number of benzene rings is 1. The van der Waals surface area contributed by atoms with Gasteiger partial charge in [-0.3, -0.25) is 0 Å². The second-order valence-electron chi connectivity index (χ2n) is 4.46. The maximum atomic E-state index is 6.04. The number of anilines is 1. The number of pyridine rings is 1. The van der Waals surface area contributed by atoms with Gasteiger partial charge in [0.25, 0.3) is 0 Å². The lowest BCUT2D eigenvalue weighted by Crippen LogP contribution is -2.23. The van der Waals surface area contributed by atoms with E-state index in [9.17, 15) is 0 Å². The second-order valence-corrected chi connectivity index (χ2v) is 5.17. The smallest absolute Gasteiger partial charge is 0.133 e. The van der Waals surface area contributed by atoms with Gasteiger partial charge in [0.05, 0.1) is 11.9 Å².